The van der Waals surface area contributed by atoms with Crippen LogP contribution in [0, 0.1) is 13.8 Å². The zero-order chi connectivity index (χ0) is 21.5. The lowest BCUT2D eigenvalue weighted by atomic mass is 9.79. The maximum Gasteiger partial charge on any atom is 0.494 e. The Morgan fingerprint density at radius 3 is 1.50 bits per heavy atom. The second kappa shape index (κ2) is 7.61. The van der Waals surface area contributed by atoms with E-state index in [1.165, 1.54) is 22.5 Å². The van der Waals surface area contributed by atoms with E-state index in [1.54, 1.807) is 0 Å². The molecule has 0 saturated carbocycles. The van der Waals surface area contributed by atoms with Crippen molar-refractivity contribution in [2.24, 2.45) is 0 Å². The summed E-state index contributed by atoms with van der Waals surface area (Å²) in [5, 5.41) is 0. The second-order valence-corrected chi connectivity index (χ2v) is 9.09. The van der Waals surface area contributed by atoms with Crippen LogP contribution in [-0.4, -0.2) is 18.3 Å². The number of anilines is 3. The third kappa shape index (κ3) is 3.66. The molecule has 3 nitrogen and oxygen atoms in total. The minimum atomic E-state index is -0.352. The number of aryl methyl sites for hydroxylation is 2. The quantitative estimate of drug-likeness (QED) is 0.497. The highest BCUT2D eigenvalue weighted by molar-refractivity contribution is 6.62. The zero-order valence-electron chi connectivity index (χ0n) is 18.8. The van der Waals surface area contributed by atoms with Crippen LogP contribution in [0.3, 0.4) is 0 Å². The summed E-state index contributed by atoms with van der Waals surface area (Å²) >= 11 is 0. The van der Waals surface area contributed by atoms with Crippen molar-refractivity contribution in [2.45, 2.75) is 52.7 Å². The zero-order valence-corrected chi connectivity index (χ0v) is 18.8. The first-order valence-corrected chi connectivity index (χ1v) is 10.6. The maximum absolute atomic E-state index is 6.22. The molecule has 0 N–H and O–H groups in total. The highest BCUT2D eigenvalue weighted by Crippen LogP contribution is 2.39. The average Bonchev–Trinajstić information content (AvgIpc) is 2.93. The fourth-order valence-corrected chi connectivity index (χ4v) is 3.80. The molecule has 1 fully saturated rings. The van der Waals surface area contributed by atoms with E-state index in [4.69, 9.17) is 9.31 Å². The van der Waals surface area contributed by atoms with Crippen molar-refractivity contribution < 1.29 is 9.31 Å². The lowest BCUT2D eigenvalue weighted by molar-refractivity contribution is 0.00578. The van der Waals surface area contributed by atoms with Gasteiger partial charge in [0.25, 0.3) is 0 Å². The summed E-state index contributed by atoms with van der Waals surface area (Å²) in [5.41, 5.74) is 6.28. The summed E-state index contributed by atoms with van der Waals surface area (Å²) in [7, 11) is -0.352. The Bertz CT molecular complexity index is 981. The molecule has 3 aromatic rings. The average molecular weight is 399 g/mol. The number of hydrogen-bond acceptors (Lipinski definition) is 3. The number of benzene rings is 3. The smallest absolute Gasteiger partial charge is 0.399 e. The molecular formula is C26H30BNO2. The van der Waals surface area contributed by atoms with Gasteiger partial charge in [0.05, 0.1) is 11.2 Å². The molecule has 0 unspecified atom stereocenters. The van der Waals surface area contributed by atoms with E-state index in [9.17, 15) is 0 Å². The van der Waals surface area contributed by atoms with Crippen LogP contribution in [-0.2, 0) is 9.31 Å². The van der Waals surface area contributed by atoms with E-state index in [2.05, 4.69) is 119 Å². The van der Waals surface area contributed by atoms with E-state index in [1.807, 2.05) is 0 Å². The molecule has 4 heteroatoms. The number of nitrogens with zero attached hydrogens (tertiary/aromatic N) is 1. The highest BCUT2D eigenvalue weighted by atomic mass is 16.7. The Morgan fingerprint density at radius 1 is 0.633 bits per heavy atom. The minimum Gasteiger partial charge on any atom is -0.399 e. The predicted octanol–water partition coefficient (Wildman–Crippen LogP) is 6.07. The fraction of sp³-hybridized carbons (Fsp3) is 0.308. The van der Waals surface area contributed by atoms with Crippen LogP contribution in [0.2, 0.25) is 0 Å². The summed E-state index contributed by atoms with van der Waals surface area (Å²) in [6.45, 7) is 12.6. The lowest BCUT2D eigenvalue weighted by Crippen LogP contribution is -2.41. The van der Waals surface area contributed by atoms with Gasteiger partial charge in [-0.3, -0.25) is 0 Å². The van der Waals surface area contributed by atoms with Crippen molar-refractivity contribution in [2.75, 3.05) is 4.90 Å². The minimum absolute atomic E-state index is 0.343. The molecule has 154 valence electrons. The Labute approximate surface area is 180 Å². The van der Waals surface area contributed by atoms with Crippen molar-refractivity contribution in [3.8, 4) is 0 Å². The predicted molar refractivity (Wildman–Crippen MR) is 126 cm³/mol. The summed E-state index contributed by atoms with van der Waals surface area (Å²) in [6.07, 6.45) is 0. The van der Waals surface area contributed by atoms with Gasteiger partial charge in [-0.2, -0.15) is 0 Å². The van der Waals surface area contributed by atoms with E-state index in [-0.39, 0.29) is 18.3 Å². The van der Waals surface area contributed by atoms with Crippen molar-refractivity contribution >= 4 is 29.6 Å². The van der Waals surface area contributed by atoms with Crippen molar-refractivity contribution in [3.05, 3.63) is 83.9 Å². The third-order valence-electron chi connectivity index (χ3n) is 6.39. The first-order chi connectivity index (χ1) is 14.2. The van der Waals surface area contributed by atoms with Crippen LogP contribution < -0.4 is 10.4 Å². The van der Waals surface area contributed by atoms with Gasteiger partial charge in [0.1, 0.15) is 0 Å². The number of para-hydroxylation sites is 2. The molecule has 1 aliphatic heterocycles. The molecule has 30 heavy (non-hydrogen) atoms. The van der Waals surface area contributed by atoms with Crippen LogP contribution in [0.15, 0.2) is 72.8 Å². The first-order valence-electron chi connectivity index (χ1n) is 10.6. The van der Waals surface area contributed by atoms with Gasteiger partial charge in [0.2, 0.25) is 0 Å². The molecule has 0 radical (unpaired) electrons. The van der Waals surface area contributed by atoms with Gasteiger partial charge in [0, 0.05) is 17.1 Å². The van der Waals surface area contributed by atoms with E-state index < -0.39 is 0 Å². The molecule has 4 rings (SSSR count). The van der Waals surface area contributed by atoms with Crippen LogP contribution >= 0.6 is 0 Å². The summed E-state index contributed by atoms with van der Waals surface area (Å²) in [6, 6.07) is 25.5. The maximum atomic E-state index is 6.22. The topological polar surface area (TPSA) is 21.7 Å². The second-order valence-electron chi connectivity index (χ2n) is 9.09. The van der Waals surface area contributed by atoms with Gasteiger partial charge in [-0.05, 0) is 82.4 Å². The van der Waals surface area contributed by atoms with Crippen molar-refractivity contribution in [3.63, 3.8) is 0 Å². The molecule has 0 aromatic heterocycles. The van der Waals surface area contributed by atoms with Gasteiger partial charge in [-0.15, -0.1) is 0 Å². The summed E-state index contributed by atoms with van der Waals surface area (Å²) in [5.74, 6) is 0. The standard InChI is InChI=1S/C26H30BNO2/c1-19-11-7-9-13-23(19)28(24-14-10-8-12-20(24)2)22-17-15-21(16-18-22)27-29-25(3,4)26(5,6)30-27/h7-18H,1-6H3. The first kappa shape index (κ1) is 20.7. The number of rotatable bonds is 4. The van der Waals surface area contributed by atoms with E-state index >= 15 is 0 Å². The Kier molecular flexibility index (Phi) is 5.25. The van der Waals surface area contributed by atoms with E-state index in [0.717, 1.165) is 11.2 Å². The Morgan fingerprint density at radius 2 is 1.07 bits per heavy atom. The Hall–Kier alpha value is -2.56. The van der Waals surface area contributed by atoms with E-state index in [0.29, 0.717) is 0 Å². The monoisotopic (exact) mass is 399 g/mol. The fourth-order valence-electron chi connectivity index (χ4n) is 3.80. The van der Waals surface area contributed by atoms with Gasteiger partial charge in [-0.1, -0.05) is 48.5 Å². The van der Waals surface area contributed by atoms with Gasteiger partial charge < -0.3 is 14.2 Å². The number of hydrogen-bond donors (Lipinski definition) is 0. The molecule has 1 saturated heterocycles. The summed E-state index contributed by atoms with van der Waals surface area (Å²) in [4.78, 5) is 2.32. The molecule has 0 aliphatic carbocycles. The summed E-state index contributed by atoms with van der Waals surface area (Å²) < 4.78 is 12.4. The van der Waals surface area contributed by atoms with Crippen LogP contribution in [0.4, 0.5) is 17.1 Å². The molecule has 3 aromatic carbocycles. The molecule has 0 amide bonds. The largest absolute Gasteiger partial charge is 0.494 e. The molecule has 0 spiro atoms. The molecule has 0 bridgehead atoms. The van der Waals surface area contributed by atoms with Gasteiger partial charge in [-0.25, -0.2) is 0 Å². The molecule has 1 heterocycles. The van der Waals surface area contributed by atoms with Gasteiger partial charge >= 0.3 is 7.12 Å². The lowest BCUT2D eigenvalue weighted by Gasteiger charge is -2.32. The third-order valence-corrected chi connectivity index (χ3v) is 6.39. The van der Waals surface area contributed by atoms with Gasteiger partial charge in [0.15, 0.2) is 0 Å². The molecule has 1 aliphatic rings. The molecule has 0 atom stereocenters. The van der Waals surface area contributed by atoms with Crippen LogP contribution in [0.1, 0.15) is 38.8 Å². The van der Waals surface area contributed by atoms with Crippen molar-refractivity contribution in [1.29, 1.82) is 0 Å². The normalized spacial score (nSPS) is 17.2. The molecular weight excluding hydrogens is 369 g/mol. The highest BCUT2D eigenvalue weighted by Gasteiger charge is 2.51. The van der Waals surface area contributed by atoms with Crippen molar-refractivity contribution in [1.82, 2.24) is 0 Å². The van der Waals surface area contributed by atoms with Crippen LogP contribution in [0.5, 0.6) is 0 Å². The van der Waals surface area contributed by atoms with Crippen LogP contribution in [0.25, 0.3) is 0 Å². The Balaban J connectivity index is 1.73. The SMILES string of the molecule is Cc1ccccc1N(c1ccc(B2OC(C)(C)C(C)(C)O2)cc1)c1ccccc1C.